The van der Waals surface area contributed by atoms with Crippen LogP contribution in [0, 0.1) is 6.92 Å². The third-order valence-corrected chi connectivity index (χ3v) is 6.76. The van der Waals surface area contributed by atoms with Gasteiger partial charge in [0.15, 0.2) is 0 Å². The lowest BCUT2D eigenvalue weighted by atomic mass is 10.1. The molecule has 0 aliphatic carbocycles. The molecule has 2 heterocycles. The molecule has 178 valence electrons. The summed E-state index contributed by atoms with van der Waals surface area (Å²) in [4.78, 5) is 16.1. The Kier molecular flexibility index (Phi) is 8.08. The number of thiazole rings is 1. The molecular weight excluding hydrogens is 442 g/mol. The number of fused-ring (bicyclic) bond motifs is 1. The Morgan fingerprint density at radius 1 is 1.06 bits per heavy atom. The van der Waals surface area contributed by atoms with E-state index in [0.29, 0.717) is 0 Å². The summed E-state index contributed by atoms with van der Waals surface area (Å²) in [6.07, 6.45) is 1.02. The standard InChI is InChI=1S/C27H33N5OS/c1-5-32(6-2)13-8-14-33-23-10-7-9-21(15-23)19(3)29-27-17-25(30-20(4)31-27)22-11-12-24-26(16-22)34-18-28-24/h7,9-12,15-19H,5-6,8,13-14H2,1-4H3,(H,29,30,31). The highest BCUT2D eigenvalue weighted by atomic mass is 32.1. The quantitative estimate of drug-likeness (QED) is 0.255. The maximum atomic E-state index is 6.03. The molecule has 0 saturated carbocycles. The van der Waals surface area contributed by atoms with Gasteiger partial charge >= 0.3 is 0 Å². The van der Waals surface area contributed by atoms with Crippen molar-refractivity contribution in [3.05, 3.63) is 65.4 Å². The van der Waals surface area contributed by atoms with E-state index < -0.39 is 0 Å². The summed E-state index contributed by atoms with van der Waals surface area (Å²) in [6.45, 7) is 12.4. The number of nitrogens with one attached hydrogen (secondary N) is 1. The smallest absolute Gasteiger partial charge is 0.130 e. The van der Waals surface area contributed by atoms with Crippen LogP contribution in [0.15, 0.2) is 54.0 Å². The fourth-order valence-electron chi connectivity index (χ4n) is 4.00. The molecule has 0 spiro atoms. The molecule has 1 unspecified atom stereocenters. The summed E-state index contributed by atoms with van der Waals surface area (Å²) < 4.78 is 7.18. The van der Waals surface area contributed by atoms with Crippen LogP contribution in [-0.4, -0.2) is 46.1 Å². The second-order valence-electron chi connectivity index (χ2n) is 8.39. The second-order valence-corrected chi connectivity index (χ2v) is 9.27. The van der Waals surface area contributed by atoms with Crippen LogP contribution in [-0.2, 0) is 0 Å². The highest BCUT2D eigenvalue weighted by Gasteiger charge is 2.11. The van der Waals surface area contributed by atoms with Crippen molar-refractivity contribution in [3.8, 4) is 17.0 Å². The maximum Gasteiger partial charge on any atom is 0.130 e. The van der Waals surface area contributed by atoms with E-state index in [9.17, 15) is 0 Å². The number of nitrogens with zero attached hydrogens (tertiary/aromatic N) is 4. The minimum Gasteiger partial charge on any atom is -0.494 e. The van der Waals surface area contributed by atoms with Crippen LogP contribution in [0.25, 0.3) is 21.5 Å². The van der Waals surface area contributed by atoms with Crippen molar-refractivity contribution in [1.29, 1.82) is 0 Å². The lowest BCUT2D eigenvalue weighted by Gasteiger charge is -2.18. The summed E-state index contributed by atoms with van der Waals surface area (Å²) in [5.74, 6) is 2.45. The first kappa shape index (κ1) is 24.1. The average Bonchev–Trinajstić information content (AvgIpc) is 3.32. The first-order valence-electron chi connectivity index (χ1n) is 12.0. The second kappa shape index (κ2) is 11.4. The SMILES string of the molecule is CCN(CC)CCCOc1cccc(C(C)Nc2cc(-c3ccc4ncsc4c3)nc(C)n2)c1. The first-order chi connectivity index (χ1) is 16.6. The van der Waals surface area contributed by atoms with Crippen molar-refractivity contribution >= 4 is 27.4 Å². The third-order valence-electron chi connectivity index (χ3n) is 5.97. The largest absolute Gasteiger partial charge is 0.494 e. The van der Waals surface area contributed by atoms with Gasteiger partial charge in [0.25, 0.3) is 0 Å². The van der Waals surface area contributed by atoms with Crippen LogP contribution in [0.5, 0.6) is 5.75 Å². The Morgan fingerprint density at radius 3 is 2.74 bits per heavy atom. The van der Waals surface area contributed by atoms with Crippen molar-refractivity contribution in [1.82, 2.24) is 19.9 Å². The number of rotatable bonds is 11. The van der Waals surface area contributed by atoms with Crippen LogP contribution in [0.1, 0.15) is 44.6 Å². The number of hydrogen-bond acceptors (Lipinski definition) is 7. The van der Waals surface area contributed by atoms with Crippen molar-refractivity contribution in [2.75, 3.05) is 31.6 Å². The van der Waals surface area contributed by atoms with E-state index >= 15 is 0 Å². The van der Waals surface area contributed by atoms with Gasteiger partial charge in [0, 0.05) is 18.2 Å². The van der Waals surface area contributed by atoms with Crippen LogP contribution in [0.3, 0.4) is 0 Å². The molecule has 7 heteroatoms. The van der Waals surface area contributed by atoms with Crippen LogP contribution >= 0.6 is 11.3 Å². The van der Waals surface area contributed by atoms with Gasteiger partial charge in [-0.1, -0.05) is 32.0 Å². The van der Waals surface area contributed by atoms with Crippen LogP contribution < -0.4 is 10.1 Å². The molecule has 0 amide bonds. The zero-order valence-electron chi connectivity index (χ0n) is 20.4. The van der Waals surface area contributed by atoms with Crippen LogP contribution in [0.2, 0.25) is 0 Å². The highest BCUT2D eigenvalue weighted by Crippen LogP contribution is 2.28. The van der Waals surface area contributed by atoms with E-state index in [0.717, 1.165) is 77.1 Å². The molecule has 0 fully saturated rings. The van der Waals surface area contributed by atoms with Gasteiger partial charge in [0.2, 0.25) is 0 Å². The Hall–Kier alpha value is -3.03. The third kappa shape index (κ3) is 6.10. The lowest BCUT2D eigenvalue weighted by molar-refractivity contribution is 0.249. The van der Waals surface area contributed by atoms with Gasteiger partial charge in [-0.25, -0.2) is 15.0 Å². The van der Waals surface area contributed by atoms with E-state index in [1.807, 2.05) is 36.7 Å². The number of benzene rings is 2. The summed E-state index contributed by atoms with van der Waals surface area (Å²) in [7, 11) is 0. The van der Waals surface area contributed by atoms with E-state index in [1.54, 1.807) is 11.3 Å². The van der Waals surface area contributed by atoms with E-state index in [4.69, 9.17) is 4.74 Å². The molecule has 2 aromatic heterocycles. The van der Waals surface area contributed by atoms with Gasteiger partial charge in [-0.15, -0.1) is 11.3 Å². The molecule has 4 aromatic rings. The zero-order valence-corrected chi connectivity index (χ0v) is 21.2. The minimum atomic E-state index is 0.0744. The predicted molar refractivity (Wildman–Crippen MR) is 142 cm³/mol. The number of hydrogen-bond donors (Lipinski definition) is 1. The van der Waals surface area contributed by atoms with Crippen LogP contribution in [0.4, 0.5) is 5.82 Å². The number of ether oxygens (including phenoxy) is 1. The Labute approximate surface area is 206 Å². The van der Waals surface area contributed by atoms with Gasteiger partial charge in [0.05, 0.1) is 34.1 Å². The Bertz CT molecular complexity index is 1220. The van der Waals surface area contributed by atoms with Gasteiger partial charge in [-0.05, 0) is 63.2 Å². The van der Waals surface area contributed by atoms with E-state index in [1.165, 1.54) is 0 Å². The number of anilines is 1. The Morgan fingerprint density at radius 2 is 1.91 bits per heavy atom. The highest BCUT2D eigenvalue weighted by molar-refractivity contribution is 7.16. The molecule has 1 N–H and O–H groups in total. The Balaban J connectivity index is 1.42. The number of aromatic nitrogens is 3. The molecule has 2 aromatic carbocycles. The zero-order chi connectivity index (χ0) is 23.9. The van der Waals surface area contributed by atoms with Gasteiger partial charge < -0.3 is 15.0 Å². The fourth-order valence-corrected chi connectivity index (χ4v) is 4.72. The molecule has 0 aliphatic rings. The minimum absolute atomic E-state index is 0.0744. The van der Waals surface area contributed by atoms with Crippen molar-refractivity contribution in [3.63, 3.8) is 0 Å². The molecule has 34 heavy (non-hydrogen) atoms. The molecule has 0 bridgehead atoms. The first-order valence-corrected chi connectivity index (χ1v) is 12.8. The molecule has 6 nitrogen and oxygen atoms in total. The lowest BCUT2D eigenvalue weighted by Crippen LogP contribution is -2.25. The summed E-state index contributed by atoms with van der Waals surface area (Å²) >= 11 is 1.64. The molecule has 1 atom stereocenters. The molecule has 0 saturated heterocycles. The van der Waals surface area contributed by atoms with Gasteiger partial charge in [-0.3, -0.25) is 0 Å². The predicted octanol–water partition coefficient (Wildman–Crippen LogP) is 6.35. The monoisotopic (exact) mass is 475 g/mol. The molecule has 0 radical (unpaired) electrons. The van der Waals surface area contributed by atoms with E-state index in [-0.39, 0.29) is 6.04 Å². The molecular formula is C27H33N5OS. The summed E-state index contributed by atoms with van der Waals surface area (Å²) in [5.41, 5.74) is 6.02. The summed E-state index contributed by atoms with van der Waals surface area (Å²) in [6, 6.07) is 16.6. The van der Waals surface area contributed by atoms with E-state index in [2.05, 4.69) is 70.2 Å². The summed E-state index contributed by atoms with van der Waals surface area (Å²) in [5, 5.41) is 3.54. The van der Waals surface area contributed by atoms with Crippen molar-refractivity contribution in [2.24, 2.45) is 0 Å². The van der Waals surface area contributed by atoms with Gasteiger partial charge in [-0.2, -0.15) is 0 Å². The normalized spacial score (nSPS) is 12.3. The average molecular weight is 476 g/mol. The molecule has 0 aliphatic heterocycles. The topological polar surface area (TPSA) is 63.2 Å². The van der Waals surface area contributed by atoms with Gasteiger partial charge in [0.1, 0.15) is 17.4 Å². The van der Waals surface area contributed by atoms with Crippen molar-refractivity contribution in [2.45, 2.75) is 40.2 Å². The molecule has 4 rings (SSSR count). The van der Waals surface area contributed by atoms with Crippen molar-refractivity contribution < 1.29 is 4.74 Å². The number of aryl methyl sites for hydroxylation is 1. The maximum absolute atomic E-state index is 6.03. The fraction of sp³-hybridized carbons (Fsp3) is 0.370.